The van der Waals surface area contributed by atoms with Gasteiger partial charge in [-0.1, -0.05) is 17.7 Å². The summed E-state index contributed by atoms with van der Waals surface area (Å²) >= 11 is 5.65. The number of hydrogen-bond donors (Lipinski definition) is 0. The van der Waals surface area contributed by atoms with Gasteiger partial charge < -0.3 is 0 Å². The second-order valence-electron chi connectivity index (χ2n) is 4.27. The van der Waals surface area contributed by atoms with Crippen LogP contribution in [-0.4, -0.2) is 29.7 Å². The first kappa shape index (κ1) is 13.3. The summed E-state index contributed by atoms with van der Waals surface area (Å²) in [5.41, 5.74) is 0. The highest BCUT2D eigenvalue weighted by atomic mass is 35.5. The van der Waals surface area contributed by atoms with Crippen molar-refractivity contribution in [1.29, 1.82) is 0 Å². The molecule has 1 aliphatic rings. The average Bonchev–Trinajstić information content (AvgIpc) is 2.89. The van der Waals surface area contributed by atoms with Crippen molar-refractivity contribution >= 4 is 27.6 Å². The van der Waals surface area contributed by atoms with E-state index >= 15 is 0 Å². The van der Waals surface area contributed by atoms with Crippen molar-refractivity contribution in [1.82, 2.24) is 14.8 Å². The van der Waals surface area contributed by atoms with E-state index in [1.165, 1.54) is 29.2 Å². The Hall–Kier alpha value is -1.67. The zero-order valence-corrected chi connectivity index (χ0v) is 11.8. The first-order valence-electron chi connectivity index (χ1n) is 5.86. The van der Waals surface area contributed by atoms with E-state index in [-0.39, 0.29) is 17.5 Å². The fourth-order valence-electron chi connectivity index (χ4n) is 2.10. The van der Waals surface area contributed by atoms with Gasteiger partial charge in [-0.15, -0.1) is 0 Å². The fraction of sp³-hybridized carbons (Fsp3) is 0.273. The molecule has 0 amide bonds. The molecule has 0 spiro atoms. The van der Waals surface area contributed by atoms with Crippen LogP contribution in [0.15, 0.2) is 29.4 Å². The smallest absolute Gasteiger partial charge is 0.234 e. The van der Waals surface area contributed by atoms with Crippen LogP contribution >= 0.6 is 11.6 Å². The third-order valence-electron chi connectivity index (χ3n) is 3.03. The quantitative estimate of drug-likeness (QED) is 0.845. The van der Waals surface area contributed by atoms with Crippen LogP contribution in [0, 0.1) is 5.82 Å². The van der Waals surface area contributed by atoms with E-state index < -0.39 is 20.7 Å². The normalized spacial score (nSPS) is 15.2. The molecule has 0 saturated carbocycles. The number of halogens is 2. The van der Waals surface area contributed by atoms with Gasteiger partial charge in [0.25, 0.3) is 10.0 Å². The van der Waals surface area contributed by atoms with Crippen LogP contribution in [0.1, 0.15) is 6.42 Å². The number of benzene rings is 1. The molecule has 0 atom stereocenters. The second-order valence-corrected chi connectivity index (χ2v) is 6.50. The van der Waals surface area contributed by atoms with Crippen LogP contribution in [0.2, 0.25) is 5.02 Å². The van der Waals surface area contributed by atoms with E-state index in [0.717, 1.165) is 4.31 Å². The number of aryl methyl sites for hydroxylation is 1. The largest absolute Gasteiger partial charge is 0.269 e. The minimum atomic E-state index is -4.05. The lowest BCUT2D eigenvalue weighted by Crippen LogP contribution is -2.38. The van der Waals surface area contributed by atoms with Gasteiger partial charge in [-0.05, 0) is 18.6 Å². The van der Waals surface area contributed by atoms with Gasteiger partial charge in [0, 0.05) is 13.1 Å². The molecule has 0 aliphatic carbocycles. The molecule has 2 aromatic rings. The molecule has 0 bridgehead atoms. The molecule has 1 aliphatic heterocycles. The molecule has 2 heterocycles. The summed E-state index contributed by atoms with van der Waals surface area (Å²) in [6.45, 7) is 0.812. The van der Waals surface area contributed by atoms with Crippen molar-refractivity contribution in [3.05, 3.63) is 35.4 Å². The van der Waals surface area contributed by atoms with Crippen molar-refractivity contribution < 1.29 is 12.8 Å². The lowest BCUT2D eigenvalue weighted by Gasteiger charge is -2.27. The fourth-order valence-corrected chi connectivity index (χ4v) is 3.88. The molecule has 106 valence electrons. The van der Waals surface area contributed by atoms with Gasteiger partial charge >= 0.3 is 0 Å². The van der Waals surface area contributed by atoms with Gasteiger partial charge in [0.05, 0.1) is 5.02 Å². The van der Waals surface area contributed by atoms with Crippen molar-refractivity contribution in [2.45, 2.75) is 17.9 Å². The summed E-state index contributed by atoms with van der Waals surface area (Å²) in [4.78, 5) is 3.47. The van der Waals surface area contributed by atoms with E-state index in [1.807, 2.05) is 0 Å². The Morgan fingerprint density at radius 3 is 2.90 bits per heavy atom. The maximum absolute atomic E-state index is 14.0. The van der Waals surface area contributed by atoms with E-state index in [9.17, 15) is 12.8 Å². The maximum Gasteiger partial charge on any atom is 0.269 e. The molecule has 0 radical (unpaired) electrons. The van der Waals surface area contributed by atoms with Crippen LogP contribution in [0.5, 0.6) is 0 Å². The van der Waals surface area contributed by atoms with E-state index in [4.69, 9.17) is 11.6 Å². The molecule has 1 aromatic heterocycles. The molecule has 0 fully saturated rings. The molecule has 9 heteroatoms. The van der Waals surface area contributed by atoms with Crippen LogP contribution in [-0.2, 0) is 16.6 Å². The average molecular weight is 317 g/mol. The van der Waals surface area contributed by atoms with Gasteiger partial charge in [-0.2, -0.15) is 10.1 Å². The number of nitrogens with zero attached hydrogens (tertiary/aromatic N) is 4. The van der Waals surface area contributed by atoms with Crippen molar-refractivity contribution in [3.8, 4) is 0 Å². The molecule has 1 aromatic carbocycles. The topological polar surface area (TPSA) is 68.1 Å². The van der Waals surface area contributed by atoms with Gasteiger partial charge in [0.1, 0.15) is 11.2 Å². The zero-order chi connectivity index (χ0) is 14.3. The molecular formula is C11H10ClFN4O2S. The van der Waals surface area contributed by atoms with Crippen LogP contribution in [0.25, 0.3) is 0 Å². The molecule has 0 N–H and O–H groups in total. The summed E-state index contributed by atoms with van der Waals surface area (Å²) in [5.74, 6) is -0.763. The van der Waals surface area contributed by atoms with Gasteiger partial charge in [-0.3, -0.25) is 0 Å². The monoisotopic (exact) mass is 316 g/mol. The Morgan fingerprint density at radius 1 is 1.30 bits per heavy atom. The first-order chi connectivity index (χ1) is 9.51. The van der Waals surface area contributed by atoms with Crippen molar-refractivity contribution in [2.75, 3.05) is 10.8 Å². The van der Waals surface area contributed by atoms with E-state index in [2.05, 4.69) is 10.1 Å². The molecular weight excluding hydrogens is 307 g/mol. The van der Waals surface area contributed by atoms with Crippen molar-refractivity contribution in [2.24, 2.45) is 0 Å². The second kappa shape index (κ2) is 4.71. The van der Waals surface area contributed by atoms with Crippen LogP contribution in [0.3, 0.4) is 0 Å². The number of fused-ring (bicyclic) bond motifs is 1. The number of aromatic nitrogens is 3. The lowest BCUT2D eigenvalue weighted by molar-refractivity contribution is 0.524. The molecule has 0 saturated heterocycles. The van der Waals surface area contributed by atoms with Gasteiger partial charge in [0.2, 0.25) is 5.95 Å². The highest BCUT2D eigenvalue weighted by molar-refractivity contribution is 7.92. The Labute approximate surface area is 119 Å². The predicted molar refractivity (Wildman–Crippen MR) is 70.6 cm³/mol. The summed E-state index contributed by atoms with van der Waals surface area (Å²) in [6, 6.07) is 3.88. The Balaban J connectivity index is 2.13. The van der Waals surface area contributed by atoms with E-state index in [0.29, 0.717) is 13.0 Å². The highest BCUT2D eigenvalue weighted by Gasteiger charge is 2.33. The summed E-state index contributed by atoms with van der Waals surface area (Å²) in [5, 5.41) is 3.70. The Morgan fingerprint density at radius 2 is 2.10 bits per heavy atom. The zero-order valence-electron chi connectivity index (χ0n) is 10.2. The lowest BCUT2D eigenvalue weighted by atomic mass is 10.3. The number of rotatable bonds is 2. The first-order valence-corrected chi connectivity index (χ1v) is 7.68. The third kappa shape index (κ3) is 1.95. The summed E-state index contributed by atoms with van der Waals surface area (Å²) in [7, 11) is -4.05. The van der Waals surface area contributed by atoms with Crippen molar-refractivity contribution in [3.63, 3.8) is 0 Å². The molecule has 3 rings (SSSR count). The standard InChI is InChI=1S/C11H10ClFN4O2S/c12-8-3-1-4-9(10(8)13)20(18,19)17-6-2-5-16-11(17)14-7-15-16/h1,3-4,7H,2,5-6H2. The highest BCUT2D eigenvalue weighted by Crippen LogP contribution is 2.29. The minimum Gasteiger partial charge on any atom is -0.234 e. The van der Waals surface area contributed by atoms with Crippen LogP contribution < -0.4 is 4.31 Å². The number of sulfonamides is 1. The molecule has 6 nitrogen and oxygen atoms in total. The van der Waals surface area contributed by atoms with Gasteiger partial charge in [0.15, 0.2) is 5.82 Å². The Kier molecular flexibility index (Phi) is 3.14. The summed E-state index contributed by atoms with van der Waals surface area (Å²) in [6.07, 6.45) is 1.86. The predicted octanol–water partition coefficient (Wildman–Crippen LogP) is 1.67. The maximum atomic E-state index is 14.0. The summed E-state index contributed by atoms with van der Waals surface area (Å²) < 4.78 is 41.6. The van der Waals surface area contributed by atoms with Crippen LogP contribution in [0.4, 0.5) is 10.3 Å². The van der Waals surface area contributed by atoms with E-state index in [1.54, 1.807) is 0 Å². The SMILES string of the molecule is O=S(=O)(c1cccc(Cl)c1F)N1CCCn2ncnc21. The number of anilines is 1. The van der Waals surface area contributed by atoms with Gasteiger partial charge in [-0.25, -0.2) is 21.8 Å². The third-order valence-corrected chi connectivity index (χ3v) is 5.12. The minimum absolute atomic E-state index is 0.190. The number of hydrogen-bond acceptors (Lipinski definition) is 4. The Bertz CT molecular complexity index is 762. The molecule has 0 unspecified atom stereocenters. The molecule has 20 heavy (non-hydrogen) atoms.